The van der Waals surface area contributed by atoms with Crippen LogP contribution in [0.25, 0.3) is 0 Å². The summed E-state index contributed by atoms with van der Waals surface area (Å²) in [5.41, 5.74) is 4.60. The van der Waals surface area contributed by atoms with E-state index in [0.717, 1.165) is 0 Å². The Hall–Kier alpha value is -2.30. The summed E-state index contributed by atoms with van der Waals surface area (Å²) >= 11 is 1.23. The number of carbonyl (C=O) groups excluding carboxylic acids is 3. The molecule has 11 heteroatoms. The summed E-state index contributed by atoms with van der Waals surface area (Å²) in [5.74, 6) is 0.212. The zero-order valence-electron chi connectivity index (χ0n) is 13.9. The molecule has 0 radical (unpaired) electrons. The first-order valence-corrected chi connectivity index (χ1v) is 9.15. The molecule has 3 heterocycles. The third kappa shape index (κ3) is 3.41. The number of imide groups is 1. The molecule has 25 heavy (non-hydrogen) atoms. The number of nitrogen functional groups attached to an aromatic ring is 1. The molecule has 2 fully saturated rings. The number of aromatic nitrogens is 3. The molecule has 2 aliphatic heterocycles. The van der Waals surface area contributed by atoms with E-state index >= 15 is 0 Å². The number of rotatable bonds is 5. The van der Waals surface area contributed by atoms with Gasteiger partial charge in [0.05, 0.1) is 5.75 Å². The van der Waals surface area contributed by atoms with Crippen molar-refractivity contribution < 1.29 is 14.4 Å². The third-order valence-electron chi connectivity index (χ3n) is 4.88. The minimum atomic E-state index is -0.850. The van der Waals surface area contributed by atoms with Crippen LogP contribution >= 0.6 is 11.8 Å². The first-order chi connectivity index (χ1) is 11.9. The van der Waals surface area contributed by atoms with Crippen molar-refractivity contribution in [3.05, 3.63) is 0 Å². The van der Waals surface area contributed by atoms with Gasteiger partial charge in [-0.1, -0.05) is 18.7 Å². The summed E-state index contributed by atoms with van der Waals surface area (Å²) in [7, 11) is 0. The lowest BCUT2D eigenvalue weighted by molar-refractivity contribution is -0.131. The minimum absolute atomic E-state index is 0.00252. The van der Waals surface area contributed by atoms with Crippen LogP contribution in [0.15, 0.2) is 5.16 Å². The summed E-state index contributed by atoms with van der Waals surface area (Å²) in [6.45, 7) is 3.01. The molecule has 1 atom stereocenters. The van der Waals surface area contributed by atoms with Crippen molar-refractivity contribution in [3.63, 3.8) is 0 Å². The van der Waals surface area contributed by atoms with Gasteiger partial charge in [-0.25, -0.2) is 9.89 Å². The molecule has 136 valence electrons. The quantitative estimate of drug-likeness (QED) is 0.413. The molecular weight excluding hydrogens is 346 g/mol. The predicted molar refractivity (Wildman–Crippen MR) is 90.5 cm³/mol. The summed E-state index contributed by atoms with van der Waals surface area (Å²) < 4.78 is 0. The highest BCUT2D eigenvalue weighted by atomic mass is 32.2. The molecule has 0 spiro atoms. The first-order valence-electron chi connectivity index (χ1n) is 8.16. The summed E-state index contributed by atoms with van der Waals surface area (Å²) in [4.78, 5) is 41.8. The fraction of sp³-hybridized carbons (Fsp3) is 0.643. The number of thioether (sulfide) groups is 1. The number of urea groups is 1. The Morgan fingerprint density at radius 1 is 1.40 bits per heavy atom. The molecular formula is C14H21N7O3S. The fourth-order valence-corrected chi connectivity index (χ4v) is 4.20. The van der Waals surface area contributed by atoms with Gasteiger partial charge in [0.15, 0.2) is 0 Å². The number of nitrogens with two attached hydrogens (primary N) is 1. The summed E-state index contributed by atoms with van der Waals surface area (Å²) in [5, 5.41) is 12.0. The van der Waals surface area contributed by atoms with E-state index in [2.05, 4.69) is 25.8 Å². The number of piperidine rings is 1. The average molecular weight is 367 g/mol. The van der Waals surface area contributed by atoms with Crippen LogP contribution < -0.4 is 16.4 Å². The van der Waals surface area contributed by atoms with Crippen LogP contribution in [0.1, 0.15) is 26.2 Å². The normalized spacial score (nSPS) is 24.3. The van der Waals surface area contributed by atoms with Crippen LogP contribution in [0.3, 0.4) is 0 Å². The molecule has 0 unspecified atom stereocenters. The molecule has 3 rings (SSSR count). The van der Waals surface area contributed by atoms with E-state index in [1.54, 1.807) is 4.90 Å². The number of anilines is 1. The standard InChI is InChI=1S/C14H21N7O3S/c1-2-14(10(23)16-12(24)18-14)8-3-5-21(6-4-8)9(22)7-25-13-17-11(15)19-20-13/h8H,2-7H2,1H3,(H3,15,17,19,20)(H2,16,18,23,24)/t14-/m0/s1. The number of amides is 4. The van der Waals surface area contributed by atoms with E-state index in [1.165, 1.54) is 11.8 Å². The van der Waals surface area contributed by atoms with Gasteiger partial charge < -0.3 is 16.0 Å². The number of aromatic amines is 1. The van der Waals surface area contributed by atoms with Gasteiger partial charge >= 0.3 is 6.03 Å². The molecule has 0 saturated carbocycles. The molecule has 10 nitrogen and oxygen atoms in total. The zero-order valence-corrected chi connectivity index (χ0v) is 14.7. The van der Waals surface area contributed by atoms with Crippen molar-refractivity contribution in [1.82, 2.24) is 30.7 Å². The first kappa shape index (κ1) is 17.5. The number of hydrogen-bond acceptors (Lipinski definition) is 7. The number of carbonyl (C=O) groups is 3. The van der Waals surface area contributed by atoms with Gasteiger partial charge in [0, 0.05) is 13.1 Å². The highest BCUT2D eigenvalue weighted by molar-refractivity contribution is 7.99. The Morgan fingerprint density at radius 3 is 2.64 bits per heavy atom. The zero-order chi connectivity index (χ0) is 18.0. The Bertz CT molecular complexity index is 686. The number of nitrogens with one attached hydrogen (secondary N) is 3. The lowest BCUT2D eigenvalue weighted by Gasteiger charge is -2.40. The van der Waals surface area contributed by atoms with Gasteiger partial charge in [-0.2, -0.15) is 4.98 Å². The van der Waals surface area contributed by atoms with E-state index in [9.17, 15) is 14.4 Å². The van der Waals surface area contributed by atoms with E-state index in [1.807, 2.05) is 6.92 Å². The van der Waals surface area contributed by atoms with E-state index in [-0.39, 0.29) is 29.4 Å². The third-order valence-corrected chi connectivity index (χ3v) is 5.71. The predicted octanol–water partition coefficient (Wildman–Crippen LogP) is -0.294. The molecule has 5 N–H and O–H groups in total. The number of nitrogens with zero attached hydrogens (tertiary/aromatic N) is 3. The highest BCUT2D eigenvalue weighted by Crippen LogP contribution is 2.33. The van der Waals surface area contributed by atoms with Crippen LogP contribution in [-0.2, 0) is 9.59 Å². The average Bonchev–Trinajstić information content (AvgIpc) is 3.15. The van der Waals surface area contributed by atoms with Crippen molar-refractivity contribution in [2.24, 2.45) is 5.92 Å². The van der Waals surface area contributed by atoms with Crippen molar-refractivity contribution in [2.75, 3.05) is 24.6 Å². The van der Waals surface area contributed by atoms with E-state index < -0.39 is 11.6 Å². The van der Waals surface area contributed by atoms with Crippen molar-refractivity contribution >= 4 is 35.6 Å². The molecule has 0 bridgehead atoms. The Kier molecular flexibility index (Phi) is 4.84. The largest absolute Gasteiger partial charge is 0.368 e. The van der Waals surface area contributed by atoms with Crippen molar-refractivity contribution in [2.45, 2.75) is 36.9 Å². The molecule has 2 aliphatic rings. The van der Waals surface area contributed by atoms with Crippen LogP contribution in [-0.4, -0.2) is 62.3 Å². The van der Waals surface area contributed by atoms with Crippen LogP contribution in [0.5, 0.6) is 0 Å². The lowest BCUT2D eigenvalue weighted by atomic mass is 9.76. The molecule has 2 saturated heterocycles. The van der Waals surface area contributed by atoms with Gasteiger partial charge in [0.25, 0.3) is 5.91 Å². The number of likely N-dealkylation sites (tertiary alicyclic amines) is 1. The van der Waals surface area contributed by atoms with Gasteiger partial charge in [-0.15, -0.1) is 5.10 Å². The number of hydrogen-bond donors (Lipinski definition) is 4. The molecule has 1 aromatic rings. The van der Waals surface area contributed by atoms with E-state index in [0.29, 0.717) is 37.5 Å². The molecule has 1 aromatic heterocycles. The minimum Gasteiger partial charge on any atom is -0.368 e. The van der Waals surface area contributed by atoms with Crippen LogP contribution in [0, 0.1) is 5.92 Å². The Morgan fingerprint density at radius 2 is 2.12 bits per heavy atom. The van der Waals surface area contributed by atoms with Crippen molar-refractivity contribution in [1.29, 1.82) is 0 Å². The second-order valence-electron chi connectivity index (χ2n) is 6.18. The maximum Gasteiger partial charge on any atom is 0.322 e. The van der Waals surface area contributed by atoms with Gasteiger partial charge in [-0.05, 0) is 25.2 Å². The van der Waals surface area contributed by atoms with Gasteiger partial charge in [0.2, 0.25) is 17.0 Å². The maximum absolute atomic E-state index is 12.3. The van der Waals surface area contributed by atoms with E-state index in [4.69, 9.17) is 5.73 Å². The van der Waals surface area contributed by atoms with Crippen LogP contribution in [0.4, 0.5) is 10.7 Å². The molecule has 4 amide bonds. The van der Waals surface area contributed by atoms with Crippen molar-refractivity contribution in [3.8, 4) is 0 Å². The second kappa shape index (κ2) is 6.90. The highest BCUT2D eigenvalue weighted by Gasteiger charge is 2.51. The molecule has 0 aromatic carbocycles. The van der Waals surface area contributed by atoms with Gasteiger partial charge in [0.1, 0.15) is 5.54 Å². The fourth-order valence-electron chi connectivity index (χ4n) is 3.49. The topological polar surface area (TPSA) is 146 Å². The summed E-state index contributed by atoms with van der Waals surface area (Å²) in [6.07, 6.45) is 1.88. The Balaban J connectivity index is 1.53. The monoisotopic (exact) mass is 367 g/mol. The summed E-state index contributed by atoms with van der Waals surface area (Å²) in [6, 6.07) is -0.437. The lowest BCUT2D eigenvalue weighted by Crippen LogP contribution is -2.56. The SMILES string of the molecule is CC[C@@]1(C2CCN(C(=O)CSc3n[nH]c(N)n3)CC2)NC(=O)NC1=O. The Labute approximate surface area is 148 Å². The van der Waals surface area contributed by atoms with Gasteiger partial charge in [-0.3, -0.25) is 14.9 Å². The maximum atomic E-state index is 12.3. The molecule has 0 aliphatic carbocycles. The smallest absolute Gasteiger partial charge is 0.322 e. The van der Waals surface area contributed by atoms with Crippen LogP contribution in [0.2, 0.25) is 0 Å². The number of H-pyrrole nitrogens is 1. The second-order valence-corrected chi connectivity index (χ2v) is 7.12.